The van der Waals surface area contributed by atoms with Gasteiger partial charge in [-0.15, -0.1) is 0 Å². The molecule has 3 N–H and O–H groups in total. The molecule has 1 aliphatic carbocycles. The number of aryl methyl sites for hydroxylation is 1. The van der Waals surface area contributed by atoms with Crippen LogP contribution in [-0.4, -0.2) is 17.1 Å². The van der Waals surface area contributed by atoms with Crippen LogP contribution in [0.25, 0.3) is 0 Å². The first-order valence-electron chi connectivity index (χ1n) is 6.08. The van der Waals surface area contributed by atoms with Crippen LogP contribution in [0.1, 0.15) is 30.9 Å². The molecule has 0 saturated carbocycles. The van der Waals surface area contributed by atoms with Gasteiger partial charge in [-0.25, -0.2) is 0 Å². The van der Waals surface area contributed by atoms with E-state index in [-0.39, 0.29) is 17.9 Å². The van der Waals surface area contributed by atoms with Crippen LogP contribution in [0.15, 0.2) is 24.3 Å². The third kappa shape index (κ3) is 2.34. The fraction of sp³-hybridized carbons (Fsp3) is 0.500. The minimum atomic E-state index is -0.748. The third-order valence-electron chi connectivity index (χ3n) is 4.02. The lowest BCUT2D eigenvalue weighted by Crippen LogP contribution is -2.45. The number of rotatable bonds is 3. The van der Waals surface area contributed by atoms with E-state index in [1.807, 2.05) is 19.1 Å². The Hall–Kier alpha value is -1.35. The van der Waals surface area contributed by atoms with E-state index in [2.05, 4.69) is 12.1 Å². The summed E-state index contributed by atoms with van der Waals surface area (Å²) in [4.78, 5) is 11.0. The van der Waals surface area contributed by atoms with E-state index in [4.69, 9.17) is 10.8 Å². The molecule has 3 heteroatoms. The topological polar surface area (TPSA) is 63.3 Å². The van der Waals surface area contributed by atoms with Crippen molar-refractivity contribution in [3.8, 4) is 0 Å². The Morgan fingerprint density at radius 3 is 2.71 bits per heavy atom. The second-order valence-corrected chi connectivity index (χ2v) is 5.17. The average molecular weight is 233 g/mol. The third-order valence-corrected chi connectivity index (χ3v) is 4.02. The van der Waals surface area contributed by atoms with Crippen molar-refractivity contribution in [2.24, 2.45) is 11.1 Å². The highest BCUT2D eigenvalue weighted by molar-refractivity contribution is 5.68. The Morgan fingerprint density at radius 2 is 2.12 bits per heavy atom. The number of carbonyl (C=O) groups is 1. The van der Waals surface area contributed by atoms with Gasteiger partial charge in [0.25, 0.3) is 0 Å². The molecule has 0 bridgehead atoms. The molecule has 0 heterocycles. The Labute approximate surface area is 102 Å². The molecule has 0 aromatic heterocycles. The number of aliphatic carboxylic acids is 1. The van der Waals surface area contributed by atoms with Crippen LogP contribution in [0.2, 0.25) is 0 Å². The largest absolute Gasteiger partial charge is 0.481 e. The Kier molecular flexibility index (Phi) is 3.20. The van der Waals surface area contributed by atoms with Gasteiger partial charge in [0.15, 0.2) is 0 Å². The maximum absolute atomic E-state index is 11.0. The van der Waals surface area contributed by atoms with Crippen LogP contribution in [0, 0.1) is 5.41 Å². The zero-order valence-corrected chi connectivity index (χ0v) is 10.1. The number of carboxylic acids is 1. The first-order chi connectivity index (χ1) is 8.03. The number of benzene rings is 1. The summed E-state index contributed by atoms with van der Waals surface area (Å²) in [7, 11) is 0. The normalized spacial score (nSPS) is 25.1. The van der Waals surface area contributed by atoms with Crippen molar-refractivity contribution >= 4 is 5.97 Å². The van der Waals surface area contributed by atoms with Crippen molar-refractivity contribution < 1.29 is 9.90 Å². The van der Waals surface area contributed by atoms with E-state index in [9.17, 15) is 4.79 Å². The van der Waals surface area contributed by atoms with Crippen molar-refractivity contribution in [1.29, 1.82) is 0 Å². The lowest BCUT2D eigenvalue weighted by atomic mass is 9.66. The summed E-state index contributed by atoms with van der Waals surface area (Å²) in [6.45, 7) is 1.93. The van der Waals surface area contributed by atoms with Crippen LogP contribution in [0.5, 0.6) is 0 Å². The average Bonchev–Trinajstić information content (AvgIpc) is 2.27. The minimum Gasteiger partial charge on any atom is -0.481 e. The first-order valence-corrected chi connectivity index (χ1v) is 6.08. The summed E-state index contributed by atoms with van der Waals surface area (Å²) in [5.41, 5.74) is 8.37. The van der Waals surface area contributed by atoms with Crippen molar-refractivity contribution in [3.63, 3.8) is 0 Å². The van der Waals surface area contributed by atoms with E-state index >= 15 is 0 Å². The molecule has 1 aliphatic rings. The molecular formula is C14H19NO2. The summed E-state index contributed by atoms with van der Waals surface area (Å²) in [5.74, 6) is -0.748. The van der Waals surface area contributed by atoms with Crippen molar-refractivity contribution in [2.75, 3.05) is 0 Å². The van der Waals surface area contributed by atoms with Crippen LogP contribution < -0.4 is 5.73 Å². The fourth-order valence-corrected chi connectivity index (χ4v) is 2.83. The van der Waals surface area contributed by atoms with E-state index < -0.39 is 5.97 Å². The second-order valence-electron chi connectivity index (χ2n) is 5.17. The van der Waals surface area contributed by atoms with Gasteiger partial charge in [0, 0.05) is 6.04 Å². The fourth-order valence-electron chi connectivity index (χ4n) is 2.83. The SMILES string of the molecule is CC(N)C1(CC(=O)O)CCc2ccccc2C1. The maximum Gasteiger partial charge on any atom is 0.303 e. The summed E-state index contributed by atoms with van der Waals surface area (Å²) >= 11 is 0. The van der Waals surface area contributed by atoms with E-state index in [1.54, 1.807) is 0 Å². The number of fused-ring (bicyclic) bond motifs is 1. The van der Waals surface area contributed by atoms with Gasteiger partial charge in [0.1, 0.15) is 0 Å². The lowest BCUT2D eigenvalue weighted by molar-refractivity contribution is -0.140. The molecule has 2 atom stereocenters. The van der Waals surface area contributed by atoms with Crippen LogP contribution >= 0.6 is 0 Å². The van der Waals surface area contributed by atoms with Gasteiger partial charge in [0.2, 0.25) is 0 Å². The first kappa shape index (κ1) is 12.1. The van der Waals surface area contributed by atoms with Gasteiger partial charge in [0.05, 0.1) is 6.42 Å². The summed E-state index contributed by atoms with van der Waals surface area (Å²) in [6.07, 6.45) is 2.76. The standard InChI is InChI=1S/C14H19NO2/c1-10(15)14(9-13(16)17)7-6-11-4-2-3-5-12(11)8-14/h2-5,10H,6-9,15H2,1H3,(H,16,17). The molecule has 0 saturated heterocycles. The van der Waals surface area contributed by atoms with Crippen LogP contribution in [0.4, 0.5) is 0 Å². The highest BCUT2D eigenvalue weighted by Gasteiger charge is 2.39. The van der Waals surface area contributed by atoms with Crippen molar-refractivity contribution in [3.05, 3.63) is 35.4 Å². The predicted octanol–water partition coefficient (Wildman–Crippen LogP) is 1.98. The van der Waals surface area contributed by atoms with Crippen LogP contribution in [0.3, 0.4) is 0 Å². The number of hydrogen-bond acceptors (Lipinski definition) is 2. The van der Waals surface area contributed by atoms with Crippen molar-refractivity contribution in [1.82, 2.24) is 0 Å². The van der Waals surface area contributed by atoms with Gasteiger partial charge in [-0.05, 0) is 42.7 Å². The van der Waals surface area contributed by atoms with Crippen molar-refractivity contribution in [2.45, 2.75) is 38.6 Å². The quantitative estimate of drug-likeness (QED) is 0.839. The Balaban J connectivity index is 2.30. The second kappa shape index (κ2) is 4.49. The molecule has 92 valence electrons. The predicted molar refractivity (Wildman–Crippen MR) is 66.8 cm³/mol. The van der Waals surface area contributed by atoms with Gasteiger partial charge in [-0.3, -0.25) is 4.79 Å². The molecule has 0 radical (unpaired) electrons. The smallest absolute Gasteiger partial charge is 0.303 e. The van der Waals surface area contributed by atoms with Gasteiger partial charge in [-0.2, -0.15) is 0 Å². The summed E-state index contributed by atoms with van der Waals surface area (Å²) in [5, 5.41) is 9.07. The molecule has 0 spiro atoms. The van der Waals surface area contributed by atoms with Gasteiger partial charge < -0.3 is 10.8 Å². The molecule has 1 aromatic rings. The zero-order valence-electron chi connectivity index (χ0n) is 10.1. The summed E-state index contributed by atoms with van der Waals surface area (Å²) < 4.78 is 0. The lowest BCUT2D eigenvalue weighted by Gasteiger charge is -2.40. The summed E-state index contributed by atoms with van der Waals surface area (Å²) in [6, 6.07) is 8.17. The van der Waals surface area contributed by atoms with Gasteiger partial charge >= 0.3 is 5.97 Å². The number of hydrogen-bond donors (Lipinski definition) is 2. The molecule has 3 nitrogen and oxygen atoms in total. The number of carboxylic acid groups (broad SMARTS) is 1. The highest BCUT2D eigenvalue weighted by Crippen LogP contribution is 2.40. The molecule has 2 rings (SSSR count). The minimum absolute atomic E-state index is 0.0908. The molecule has 0 amide bonds. The Bertz CT molecular complexity index is 428. The van der Waals surface area contributed by atoms with E-state index in [0.717, 1.165) is 19.3 Å². The molecular weight excluding hydrogens is 214 g/mol. The molecule has 2 unspecified atom stereocenters. The highest BCUT2D eigenvalue weighted by atomic mass is 16.4. The van der Waals surface area contributed by atoms with Crippen LogP contribution in [-0.2, 0) is 17.6 Å². The van der Waals surface area contributed by atoms with E-state index in [1.165, 1.54) is 11.1 Å². The molecule has 0 fully saturated rings. The number of nitrogens with two attached hydrogens (primary N) is 1. The maximum atomic E-state index is 11.0. The van der Waals surface area contributed by atoms with Gasteiger partial charge in [-0.1, -0.05) is 24.3 Å². The monoisotopic (exact) mass is 233 g/mol. The van der Waals surface area contributed by atoms with E-state index in [0.29, 0.717) is 0 Å². The Morgan fingerprint density at radius 1 is 1.47 bits per heavy atom. The zero-order chi connectivity index (χ0) is 12.5. The molecule has 17 heavy (non-hydrogen) atoms. The molecule has 1 aromatic carbocycles. The molecule has 0 aliphatic heterocycles.